The van der Waals surface area contributed by atoms with Crippen LogP contribution in [0.2, 0.25) is 0 Å². The van der Waals surface area contributed by atoms with Crippen LogP contribution in [0.25, 0.3) is 0 Å². The van der Waals surface area contributed by atoms with Crippen molar-refractivity contribution in [3.05, 3.63) is 75.5 Å². The molecule has 30 heavy (non-hydrogen) atoms. The molecule has 152 valence electrons. The van der Waals surface area contributed by atoms with Crippen molar-refractivity contribution in [3.8, 4) is 0 Å². The van der Waals surface area contributed by atoms with Gasteiger partial charge in [0.15, 0.2) is 5.76 Å². The summed E-state index contributed by atoms with van der Waals surface area (Å²) in [7, 11) is 0. The molecule has 0 fully saturated rings. The number of aromatic nitrogens is 2. The maximum absolute atomic E-state index is 12.7. The zero-order valence-electron chi connectivity index (χ0n) is 16.1. The quantitative estimate of drug-likeness (QED) is 0.566. The van der Waals surface area contributed by atoms with Gasteiger partial charge in [-0.05, 0) is 53.9 Å². The van der Waals surface area contributed by atoms with Crippen LogP contribution in [0.4, 0.5) is 5.82 Å². The van der Waals surface area contributed by atoms with Crippen molar-refractivity contribution in [2.45, 2.75) is 26.2 Å². The van der Waals surface area contributed by atoms with E-state index in [1.165, 1.54) is 6.20 Å². The summed E-state index contributed by atoms with van der Waals surface area (Å²) in [5.74, 6) is 0.631. The molecule has 8 nitrogen and oxygen atoms in total. The van der Waals surface area contributed by atoms with E-state index < -0.39 is 0 Å². The third-order valence-electron chi connectivity index (χ3n) is 4.70. The second-order valence-corrected chi connectivity index (χ2v) is 7.68. The summed E-state index contributed by atoms with van der Waals surface area (Å²) in [5, 5.41) is 7.05. The van der Waals surface area contributed by atoms with Gasteiger partial charge >= 0.3 is 0 Å². The van der Waals surface area contributed by atoms with E-state index in [1.54, 1.807) is 36.7 Å². The average Bonchev–Trinajstić information content (AvgIpc) is 3.10. The monoisotopic (exact) mass is 467 g/mol. The van der Waals surface area contributed by atoms with Crippen molar-refractivity contribution in [3.63, 3.8) is 0 Å². The van der Waals surface area contributed by atoms with Crippen LogP contribution in [0.15, 0.2) is 56.8 Å². The number of carbonyl (C=O) groups is 2. The number of amides is 2. The van der Waals surface area contributed by atoms with E-state index in [1.807, 2.05) is 6.92 Å². The minimum atomic E-state index is -0.371. The zero-order valence-corrected chi connectivity index (χ0v) is 17.7. The molecular weight excluding hydrogens is 450 g/mol. The topological polar surface area (TPSA) is 109 Å². The van der Waals surface area contributed by atoms with Gasteiger partial charge in [0.05, 0.1) is 11.3 Å². The number of halogens is 1. The molecule has 0 saturated carbocycles. The highest BCUT2D eigenvalue weighted by Crippen LogP contribution is 2.30. The van der Waals surface area contributed by atoms with Gasteiger partial charge in [-0.15, -0.1) is 0 Å². The van der Waals surface area contributed by atoms with Gasteiger partial charge in [0, 0.05) is 40.6 Å². The third-order valence-corrected chi connectivity index (χ3v) is 5.13. The first-order valence-corrected chi connectivity index (χ1v) is 10.1. The van der Waals surface area contributed by atoms with E-state index in [9.17, 15) is 9.59 Å². The Kier molecular flexibility index (Phi) is 5.71. The molecule has 2 N–H and O–H groups in total. The Hall–Kier alpha value is -3.33. The number of hydrogen-bond acceptors (Lipinski definition) is 6. The van der Waals surface area contributed by atoms with E-state index in [4.69, 9.17) is 4.42 Å². The first kappa shape index (κ1) is 20.0. The first-order valence-electron chi connectivity index (χ1n) is 9.35. The number of furan rings is 1. The number of anilines is 1. The highest BCUT2D eigenvalue weighted by molar-refractivity contribution is 9.10. The van der Waals surface area contributed by atoms with Crippen LogP contribution in [0, 0.1) is 6.92 Å². The van der Waals surface area contributed by atoms with Crippen LogP contribution in [-0.4, -0.2) is 27.5 Å². The summed E-state index contributed by atoms with van der Waals surface area (Å²) >= 11 is 3.30. The number of pyridine rings is 2. The Balaban J connectivity index is 1.57. The summed E-state index contributed by atoms with van der Waals surface area (Å²) in [6.07, 6.45) is 6.86. The minimum Gasteiger partial charge on any atom is -0.455 e. The van der Waals surface area contributed by atoms with E-state index in [0.717, 1.165) is 12.0 Å². The zero-order chi connectivity index (χ0) is 21.1. The Labute approximate surface area is 180 Å². The summed E-state index contributed by atoms with van der Waals surface area (Å²) in [6.45, 7) is 1.82. The van der Waals surface area contributed by atoms with Gasteiger partial charge in [-0.3, -0.25) is 14.6 Å². The lowest BCUT2D eigenvalue weighted by atomic mass is 9.93. The molecule has 9 heteroatoms. The molecule has 1 aliphatic carbocycles. The van der Waals surface area contributed by atoms with Crippen LogP contribution in [0.3, 0.4) is 0 Å². The minimum absolute atomic E-state index is 0.225. The van der Waals surface area contributed by atoms with Gasteiger partial charge in [0.25, 0.3) is 11.8 Å². The first-order chi connectivity index (χ1) is 14.5. The number of hydrogen-bond donors (Lipinski definition) is 2. The van der Waals surface area contributed by atoms with Gasteiger partial charge < -0.3 is 9.73 Å². The van der Waals surface area contributed by atoms with Crippen LogP contribution < -0.4 is 10.7 Å². The second-order valence-electron chi connectivity index (χ2n) is 6.77. The van der Waals surface area contributed by atoms with Crippen molar-refractivity contribution in [2.24, 2.45) is 5.10 Å². The number of nitrogens with one attached hydrogen (secondary N) is 2. The van der Waals surface area contributed by atoms with Crippen molar-refractivity contribution in [1.82, 2.24) is 15.4 Å². The van der Waals surface area contributed by atoms with Crippen LogP contribution >= 0.6 is 15.9 Å². The van der Waals surface area contributed by atoms with Crippen molar-refractivity contribution in [1.29, 1.82) is 0 Å². The van der Waals surface area contributed by atoms with E-state index >= 15 is 0 Å². The third kappa shape index (κ3) is 4.16. The highest BCUT2D eigenvalue weighted by atomic mass is 79.9. The molecular formula is C21H18BrN5O3. The van der Waals surface area contributed by atoms with Gasteiger partial charge in [0.1, 0.15) is 11.6 Å². The average molecular weight is 468 g/mol. The fraction of sp³-hybridized carbons (Fsp3) is 0.190. The largest absolute Gasteiger partial charge is 0.455 e. The fourth-order valence-corrected chi connectivity index (χ4v) is 3.69. The fourth-order valence-electron chi connectivity index (χ4n) is 3.33. The maximum Gasteiger partial charge on any atom is 0.292 e. The lowest BCUT2D eigenvalue weighted by Crippen LogP contribution is -2.22. The Morgan fingerprint density at radius 1 is 1.20 bits per heavy atom. The summed E-state index contributed by atoms with van der Waals surface area (Å²) in [6, 6.07) is 6.93. The van der Waals surface area contributed by atoms with Crippen LogP contribution in [-0.2, 0) is 6.42 Å². The molecule has 0 spiro atoms. The molecule has 0 atom stereocenters. The van der Waals surface area contributed by atoms with Crippen LogP contribution in [0.1, 0.15) is 50.6 Å². The number of aryl methyl sites for hydroxylation is 1. The highest BCUT2D eigenvalue weighted by Gasteiger charge is 2.28. The predicted octanol–water partition coefficient (Wildman–Crippen LogP) is 3.86. The lowest BCUT2D eigenvalue weighted by molar-refractivity contribution is 0.0953. The van der Waals surface area contributed by atoms with Gasteiger partial charge in [-0.2, -0.15) is 5.10 Å². The normalized spacial score (nSPS) is 14.3. The molecule has 0 bridgehead atoms. The standard InChI is InChI=1S/C21H18BrN5O3/c1-12-18-15(26-27-20(28)13-9-14(22)11-23-10-13)5-4-6-16(18)30-19(12)21(29)25-17-7-2-3-8-24-17/h2-3,7-11H,4-6H2,1H3,(H,27,28)(H,24,25,29)/b26-15+. The van der Waals surface area contributed by atoms with Crippen molar-refractivity contribution < 1.29 is 14.0 Å². The maximum atomic E-state index is 12.7. The SMILES string of the molecule is Cc1c(C(=O)Nc2ccccn2)oc2c1/C(=N/NC(=O)c1cncc(Br)c1)CCC2. The number of nitrogens with zero attached hydrogens (tertiary/aromatic N) is 3. The number of rotatable bonds is 4. The molecule has 0 aliphatic heterocycles. The van der Waals surface area contributed by atoms with E-state index in [2.05, 4.69) is 41.7 Å². The molecule has 1 aliphatic rings. The summed E-state index contributed by atoms with van der Waals surface area (Å²) in [5.41, 5.74) is 5.12. The molecule has 0 saturated heterocycles. The predicted molar refractivity (Wildman–Crippen MR) is 115 cm³/mol. The van der Waals surface area contributed by atoms with Crippen molar-refractivity contribution >= 4 is 39.3 Å². The lowest BCUT2D eigenvalue weighted by Gasteiger charge is -2.13. The van der Waals surface area contributed by atoms with Gasteiger partial charge in [-0.25, -0.2) is 10.4 Å². The molecule has 2 amide bonds. The number of carbonyl (C=O) groups excluding carboxylic acids is 2. The molecule has 0 radical (unpaired) electrons. The van der Waals surface area contributed by atoms with E-state index in [0.29, 0.717) is 45.7 Å². The molecule has 3 aromatic heterocycles. The summed E-state index contributed by atoms with van der Waals surface area (Å²) < 4.78 is 6.56. The Morgan fingerprint density at radius 2 is 2.07 bits per heavy atom. The van der Waals surface area contributed by atoms with Gasteiger partial charge in [0.2, 0.25) is 0 Å². The Bertz CT molecular complexity index is 1140. The molecule has 0 aromatic carbocycles. The smallest absolute Gasteiger partial charge is 0.292 e. The molecule has 3 aromatic rings. The van der Waals surface area contributed by atoms with E-state index in [-0.39, 0.29) is 17.6 Å². The molecule has 4 rings (SSSR count). The molecule has 3 heterocycles. The number of hydrazone groups is 1. The van der Waals surface area contributed by atoms with Crippen molar-refractivity contribution in [2.75, 3.05) is 5.32 Å². The Morgan fingerprint density at radius 3 is 2.83 bits per heavy atom. The molecule has 0 unspecified atom stereocenters. The second kappa shape index (κ2) is 8.58. The summed E-state index contributed by atoms with van der Waals surface area (Å²) in [4.78, 5) is 33.1. The van der Waals surface area contributed by atoms with Gasteiger partial charge in [-0.1, -0.05) is 6.07 Å². The van der Waals surface area contributed by atoms with Crippen LogP contribution in [0.5, 0.6) is 0 Å². The number of fused-ring (bicyclic) bond motifs is 1.